The van der Waals surface area contributed by atoms with Gasteiger partial charge in [-0.1, -0.05) is 17.9 Å². The second-order valence-corrected chi connectivity index (χ2v) is 4.28. The van der Waals surface area contributed by atoms with Crippen LogP contribution in [0, 0.1) is 11.8 Å². The second kappa shape index (κ2) is 6.59. The molecule has 0 saturated heterocycles. The number of rotatable bonds is 3. The number of nitrogens with one attached hydrogen (secondary N) is 1. The number of aromatic amines is 1. The molecule has 0 atom stereocenters. The molecule has 1 aromatic heterocycles. The minimum Gasteiger partial charge on any atom is -0.495 e. The van der Waals surface area contributed by atoms with Gasteiger partial charge in [0.05, 0.1) is 25.8 Å². The Balaban J connectivity index is 2.36. The molecule has 2 aromatic rings. The Bertz CT molecular complexity index is 809. The number of ether oxygens (including phenoxy) is 1. The maximum absolute atomic E-state index is 11.7. The van der Waals surface area contributed by atoms with E-state index >= 15 is 0 Å². The lowest BCUT2D eigenvalue weighted by Crippen LogP contribution is -2.28. The van der Waals surface area contributed by atoms with Gasteiger partial charge in [-0.05, 0) is 17.7 Å². The molecule has 0 aliphatic heterocycles. The van der Waals surface area contributed by atoms with Crippen LogP contribution >= 0.6 is 0 Å². The van der Waals surface area contributed by atoms with Crippen molar-refractivity contribution in [3.8, 4) is 17.6 Å². The van der Waals surface area contributed by atoms with Crippen molar-refractivity contribution in [3.63, 3.8) is 0 Å². The summed E-state index contributed by atoms with van der Waals surface area (Å²) >= 11 is 0. The van der Waals surface area contributed by atoms with Gasteiger partial charge in [-0.15, -0.1) is 0 Å². The van der Waals surface area contributed by atoms with E-state index in [0.29, 0.717) is 17.9 Å². The summed E-state index contributed by atoms with van der Waals surface area (Å²) in [5.74, 6) is 6.35. The van der Waals surface area contributed by atoms with Crippen LogP contribution in [-0.2, 0) is 6.54 Å². The zero-order valence-corrected chi connectivity index (χ0v) is 11.6. The molecule has 1 aromatic carbocycles. The van der Waals surface area contributed by atoms with Gasteiger partial charge in [0.15, 0.2) is 0 Å². The lowest BCUT2D eigenvalue weighted by molar-refractivity contribution is 0.413. The monoisotopic (exact) mass is 285 g/mol. The van der Waals surface area contributed by atoms with Crippen LogP contribution in [-0.4, -0.2) is 23.2 Å². The first kappa shape index (κ1) is 14.6. The van der Waals surface area contributed by atoms with Crippen molar-refractivity contribution in [1.29, 1.82) is 0 Å². The summed E-state index contributed by atoms with van der Waals surface area (Å²) in [6.45, 7) is 0.587. The summed E-state index contributed by atoms with van der Waals surface area (Å²) in [6.07, 6.45) is 1.45. The number of nitrogens with zero attached hydrogens (tertiary/aromatic N) is 1. The fraction of sp³-hybridized carbons (Fsp3) is 0.200. The molecule has 6 nitrogen and oxygen atoms in total. The molecule has 0 radical (unpaired) electrons. The molecule has 0 aliphatic carbocycles. The van der Waals surface area contributed by atoms with Gasteiger partial charge in [-0.3, -0.25) is 14.3 Å². The fourth-order valence-corrected chi connectivity index (χ4v) is 1.86. The first-order valence-corrected chi connectivity index (χ1v) is 6.29. The average Bonchev–Trinajstić information content (AvgIpc) is 2.48. The molecule has 21 heavy (non-hydrogen) atoms. The largest absolute Gasteiger partial charge is 0.495 e. The summed E-state index contributed by atoms with van der Waals surface area (Å²) in [4.78, 5) is 24.9. The predicted molar refractivity (Wildman–Crippen MR) is 79.4 cm³/mol. The third-order valence-electron chi connectivity index (χ3n) is 2.84. The van der Waals surface area contributed by atoms with Crippen molar-refractivity contribution in [3.05, 3.63) is 62.4 Å². The Morgan fingerprint density at radius 2 is 2.14 bits per heavy atom. The maximum Gasteiger partial charge on any atom is 0.328 e. The van der Waals surface area contributed by atoms with Gasteiger partial charge < -0.3 is 10.5 Å². The normalized spacial score (nSPS) is 9.81. The average molecular weight is 285 g/mol. The third-order valence-corrected chi connectivity index (χ3v) is 2.84. The summed E-state index contributed by atoms with van der Waals surface area (Å²) in [5.41, 5.74) is 6.08. The standard InChI is InChI=1S/C15H15N3O3/c1-21-13-5-4-11(9-12(13)3-2-7-16)10-18-8-6-14(19)17-15(18)20/h4-6,8-9H,7,10,16H2,1H3,(H,17,19,20). The number of H-pyrrole nitrogens is 1. The zero-order valence-electron chi connectivity index (χ0n) is 11.6. The van der Waals surface area contributed by atoms with Crippen molar-refractivity contribution in [1.82, 2.24) is 9.55 Å². The third kappa shape index (κ3) is 3.61. The Morgan fingerprint density at radius 3 is 2.81 bits per heavy atom. The number of nitrogens with two attached hydrogens (primary N) is 1. The van der Waals surface area contributed by atoms with Crippen LogP contribution in [0.2, 0.25) is 0 Å². The van der Waals surface area contributed by atoms with Gasteiger partial charge >= 0.3 is 5.69 Å². The number of hydrogen-bond donors (Lipinski definition) is 2. The molecule has 0 saturated carbocycles. The second-order valence-electron chi connectivity index (χ2n) is 4.28. The highest BCUT2D eigenvalue weighted by molar-refractivity contribution is 5.48. The Hall–Kier alpha value is -2.78. The van der Waals surface area contributed by atoms with E-state index in [-0.39, 0.29) is 6.54 Å². The van der Waals surface area contributed by atoms with E-state index in [1.165, 1.54) is 16.8 Å². The number of benzene rings is 1. The molecule has 6 heteroatoms. The maximum atomic E-state index is 11.7. The highest BCUT2D eigenvalue weighted by Gasteiger charge is 2.04. The topological polar surface area (TPSA) is 90.1 Å². The van der Waals surface area contributed by atoms with Crippen LogP contribution in [0.15, 0.2) is 40.1 Å². The quantitative estimate of drug-likeness (QED) is 0.771. The van der Waals surface area contributed by atoms with Crippen molar-refractivity contribution >= 4 is 0 Å². The molecule has 0 unspecified atom stereocenters. The molecule has 2 rings (SSSR count). The molecular weight excluding hydrogens is 270 g/mol. The van der Waals surface area contributed by atoms with Crippen LogP contribution in [0.3, 0.4) is 0 Å². The number of methoxy groups -OCH3 is 1. The summed E-state index contributed by atoms with van der Waals surface area (Å²) in [5, 5.41) is 0. The van der Waals surface area contributed by atoms with E-state index in [4.69, 9.17) is 10.5 Å². The van der Waals surface area contributed by atoms with Crippen molar-refractivity contribution in [2.24, 2.45) is 5.73 Å². The van der Waals surface area contributed by atoms with E-state index in [9.17, 15) is 9.59 Å². The van der Waals surface area contributed by atoms with Gasteiger partial charge in [0.2, 0.25) is 0 Å². The minimum absolute atomic E-state index is 0.257. The first-order valence-electron chi connectivity index (χ1n) is 6.29. The molecule has 0 amide bonds. The smallest absolute Gasteiger partial charge is 0.328 e. The predicted octanol–water partition coefficient (Wildman–Crippen LogP) is -0.0963. The van der Waals surface area contributed by atoms with Gasteiger partial charge in [0.1, 0.15) is 5.75 Å². The molecule has 1 heterocycles. The molecule has 108 valence electrons. The van der Waals surface area contributed by atoms with E-state index < -0.39 is 11.2 Å². The summed E-state index contributed by atoms with van der Waals surface area (Å²) in [7, 11) is 1.56. The lowest BCUT2D eigenvalue weighted by atomic mass is 10.1. The molecule has 3 N–H and O–H groups in total. The van der Waals surface area contributed by atoms with Gasteiger partial charge in [0.25, 0.3) is 5.56 Å². The summed E-state index contributed by atoms with van der Waals surface area (Å²) < 4.78 is 6.63. The van der Waals surface area contributed by atoms with E-state index in [1.54, 1.807) is 13.2 Å². The van der Waals surface area contributed by atoms with Crippen molar-refractivity contribution < 1.29 is 4.74 Å². The summed E-state index contributed by atoms with van der Waals surface area (Å²) in [6, 6.07) is 6.76. The molecule has 0 fully saturated rings. The van der Waals surface area contributed by atoms with E-state index in [0.717, 1.165) is 5.56 Å². The Morgan fingerprint density at radius 1 is 1.33 bits per heavy atom. The minimum atomic E-state index is -0.451. The van der Waals surface area contributed by atoms with Crippen LogP contribution in [0.5, 0.6) is 5.75 Å². The first-order chi connectivity index (χ1) is 10.1. The van der Waals surface area contributed by atoms with Crippen molar-refractivity contribution in [2.75, 3.05) is 13.7 Å². The van der Waals surface area contributed by atoms with E-state index in [2.05, 4.69) is 16.8 Å². The molecule has 0 spiro atoms. The number of aromatic nitrogens is 2. The highest BCUT2D eigenvalue weighted by atomic mass is 16.5. The van der Waals surface area contributed by atoms with Crippen LogP contribution in [0.1, 0.15) is 11.1 Å². The lowest BCUT2D eigenvalue weighted by Gasteiger charge is -2.08. The SMILES string of the molecule is COc1ccc(Cn2ccc(=O)[nH]c2=O)cc1C#CCN. The van der Waals surface area contributed by atoms with Crippen molar-refractivity contribution in [2.45, 2.75) is 6.54 Å². The molecule has 0 bridgehead atoms. The van der Waals surface area contributed by atoms with Crippen LogP contribution in [0.25, 0.3) is 0 Å². The zero-order chi connectivity index (χ0) is 15.2. The fourth-order valence-electron chi connectivity index (χ4n) is 1.86. The highest BCUT2D eigenvalue weighted by Crippen LogP contribution is 2.19. The Labute approximate surface area is 121 Å². The van der Waals surface area contributed by atoms with Gasteiger partial charge in [0, 0.05) is 12.3 Å². The van der Waals surface area contributed by atoms with Crippen LogP contribution < -0.4 is 21.7 Å². The Kier molecular flexibility index (Phi) is 4.59. The van der Waals surface area contributed by atoms with E-state index in [1.807, 2.05) is 12.1 Å². The molecular formula is C15H15N3O3. The molecule has 0 aliphatic rings. The van der Waals surface area contributed by atoms with Gasteiger partial charge in [-0.2, -0.15) is 0 Å². The van der Waals surface area contributed by atoms with Gasteiger partial charge in [-0.25, -0.2) is 4.79 Å². The number of hydrogen-bond acceptors (Lipinski definition) is 4. The van der Waals surface area contributed by atoms with Crippen LogP contribution in [0.4, 0.5) is 0 Å².